The number of nitrogens with one attached hydrogen (secondary N) is 2. The molecule has 0 unspecified atom stereocenters. The quantitative estimate of drug-likeness (QED) is 0.303. The zero-order valence-corrected chi connectivity index (χ0v) is 20.7. The number of phenols is 1. The number of aromatic hydroxyl groups is 1. The number of nitrogens with zero attached hydrogens (tertiary/aromatic N) is 2. The fourth-order valence-electron chi connectivity index (χ4n) is 4.01. The molecule has 3 N–H and O–H groups in total. The van der Waals surface area contributed by atoms with E-state index in [1.54, 1.807) is 37.3 Å². The van der Waals surface area contributed by atoms with E-state index >= 15 is 0 Å². The SMILES string of the molecule is COc1cc2c(Oc3ccc(NC(=O)C4(C(=O)Nc5ccc(C)cc5)CC4)cc3)nc(C)nc2cc1O. The van der Waals surface area contributed by atoms with Crippen LogP contribution in [0.3, 0.4) is 0 Å². The third kappa shape index (κ3) is 4.88. The van der Waals surface area contributed by atoms with Gasteiger partial charge in [-0.25, -0.2) is 4.98 Å². The molecule has 1 aliphatic carbocycles. The summed E-state index contributed by atoms with van der Waals surface area (Å²) in [5.41, 5.74) is 1.75. The van der Waals surface area contributed by atoms with Crippen molar-refractivity contribution in [2.75, 3.05) is 17.7 Å². The number of carbonyl (C=O) groups excluding carboxylic acids is 2. The highest BCUT2D eigenvalue weighted by atomic mass is 16.5. The Morgan fingerprint density at radius 1 is 0.892 bits per heavy atom. The molecule has 4 aromatic rings. The maximum absolute atomic E-state index is 13.0. The summed E-state index contributed by atoms with van der Waals surface area (Å²) in [4.78, 5) is 34.6. The Morgan fingerprint density at radius 3 is 2.05 bits per heavy atom. The van der Waals surface area contributed by atoms with E-state index < -0.39 is 5.41 Å². The summed E-state index contributed by atoms with van der Waals surface area (Å²) in [6.07, 6.45) is 0.994. The van der Waals surface area contributed by atoms with Crippen molar-refractivity contribution in [2.45, 2.75) is 26.7 Å². The summed E-state index contributed by atoms with van der Waals surface area (Å²) in [5.74, 6) is 0.888. The molecule has 0 bridgehead atoms. The van der Waals surface area contributed by atoms with Crippen molar-refractivity contribution >= 4 is 34.1 Å². The number of fused-ring (bicyclic) bond motifs is 1. The number of anilines is 2. The Hall–Kier alpha value is -4.66. The van der Waals surface area contributed by atoms with Crippen molar-refractivity contribution in [1.29, 1.82) is 0 Å². The van der Waals surface area contributed by atoms with Crippen molar-refractivity contribution in [3.05, 3.63) is 72.1 Å². The minimum absolute atomic E-state index is 0.0277. The smallest absolute Gasteiger partial charge is 0.240 e. The van der Waals surface area contributed by atoms with Crippen LogP contribution in [-0.4, -0.2) is 34.0 Å². The minimum Gasteiger partial charge on any atom is -0.504 e. The van der Waals surface area contributed by atoms with Crippen LogP contribution in [0.5, 0.6) is 23.1 Å². The number of aryl methyl sites for hydroxylation is 2. The van der Waals surface area contributed by atoms with Gasteiger partial charge in [-0.3, -0.25) is 9.59 Å². The van der Waals surface area contributed by atoms with Crippen molar-refractivity contribution in [1.82, 2.24) is 9.97 Å². The number of carbonyl (C=O) groups is 2. The van der Waals surface area contributed by atoms with Crippen molar-refractivity contribution < 1.29 is 24.2 Å². The van der Waals surface area contributed by atoms with Crippen molar-refractivity contribution in [2.24, 2.45) is 5.41 Å². The lowest BCUT2D eigenvalue weighted by atomic mass is 10.0. The van der Waals surface area contributed by atoms with Crippen LogP contribution in [0.4, 0.5) is 11.4 Å². The predicted molar refractivity (Wildman–Crippen MR) is 139 cm³/mol. The second-order valence-corrected chi connectivity index (χ2v) is 9.10. The number of phenolic OH excluding ortho intramolecular Hbond substituents is 1. The number of methoxy groups -OCH3 is 1. The van der Waals surface area contributed by atoms with E-state index in [9.17, 15) is 14.7 Å². The van der Waals surface area contributed by atoms with Gasteiger partial charge in [-0.1, -0.05) is 17.7 Å². The van der Waals surface area contributed by atoms with Crippen LogP contribution in [0.1, 0.15) is 24.2 Å². The third-order valence-electron chi connectivity index (χ3n) is 6.33. The molecule has 9 nitrogen and oxygen atoms in total. The van der Waals surface area contributed by atoms with E-state index in [2.05, 4.69) is 20.6 Å². The van der Waals surface area contributed by atoms with Crippen LogP contribution in [0.15, 0.2) is 60.7 Å². The molecule has 0 atom stereocenters. The van der Waals surface area contributed by atoms with Crippen LogP contribution < -0.4 is 20.1 Å². The van der Waals surface area contributed by atoms with Gasteiger partial charge >= 0.3 is 0 Å². The maximum Gasteiger partial charge on any atom is 0.240 e. The third-order valence-corrected chi connectivity index (χ3v) is 6.33. The second-order valence-electron chi connectivity index (χ2n) is 9.10. The number of amides is 2. The summed E-state index contributed by atoms with van der Waals surface area (Å²) < 4.78 is 11.2. The molecular weight excluding hydrogens is 472 g/mol. The lowest BCUT2D eigenvalue weighted by Gasteiger charge is -2.16. The molecule has 9 heteroatoms. The number of rotatable bonds is 7. The van der Waals surface area contributed by atoms with Gasteiger partial charge in [-0.2, -0.15) is 4.98 Å². The van der Waals surface area contributed by atoms with E-state index in [-0.39, 0.29) is 23.3 Å². The van der Waals surface area contributed by atoms with Gasteiger partial charge < -0.3 is 25.2 Å². The maximum atomic E-state index is 13.0. The molecule has 0 radical (unpaired) electrons. The Labute approximate surface area is 213 Å². The number of hydrogen-bond donors (Lipinski definition) is 3. The molecule has 3 aromatic carbocycles. The molecule has 1 heterocycles. The molecule has 1 aromatic heterocycles. The van der Waals surface area contributed by atoms with Crippen LogP contribution in [0.2, 0.25) is 0 Å². The van der Waals surface area contributed by atoms with E-state index in [4.69, 9.17) is 9.47 Å². The lowest BCUT2D eigenvalue weighted by molar-refractivity contribution is -0.131. The highest BCUT2D eigenvalue weighted by Gasteiger charge is 2.56. The Kier molecular flexibility index (Phi) is 6.12. The van der Waals surface area contributed by atoms with Crippen LogP contribution in [0.25, 0.3) is 10.9 Å². The zero-order chi connectivity index (χ0) is 26.2. The van der Waals surface area contributed by atoms with Gasteiger partial charge in [0.1, 0.15) is 17.0 Å². The first-order valence-electron chi connectivity index (χ1n) is 11.8. The highest BCUT2D eigenvalue weighted by molar-refractivity contribution is 6.16. The molecule has 37 heavy (non-hydrogen) atoms. The second kappa shape index (κ2) is 9.42. The molecule has 5 rings (SSSR count). The van der Waals surface area contributed by atoms with Crippen LogP contribution in [0, 0.1) is 19.3 Å². The van der Waals surface area contributed by atoms with Crippen molar-refractivity contribution in [3.8, 4) is 23.1 Å². The molecule has 0 spiro atoms. The average Bonchev–Trinajstić information content (AvgIpc) is 3.69. The minimum atomic E-state index is -1.07. The molecule has 188 valence electrons. The zero-order valence-electron chi connectivity index (χ0n) is 20.7. The molecule has 1 fully saturated rings. The largest absolute Gasteiger partial charge is 0.504 e. The number of aromatic nitrogens is 2. The van der Waals surface area contributed by atoms with Gasteiger partial charge in [0.25, 0.3) is 0 Å². The normalized spacial score (nSPS) is 13.6. The highest BCUT2D eigenvalue weighted by Crippen LogP contribution is 2.47. The van der Waals surface area contributed by atoms with Crippen molar-refractivity contribution in [3.63, 3.8) is 0 Å². The van der Waals surface area contributed by atoms with Gasteiger partial charge in [0.15, 0.2) is 11.5 Å². The first-order chi connectivity index (χ1) is 17.8. The van der Waals surface area contributed by atoms with E-state index in [1.165, 1.54) is 13.2 Å². The van der Waals surface area contributed by atoms with Gasteiger partial charge in [-0.05, 0) is 69.2 Å². The Morgan fingerprint density at radius 2 is 1.49 bits per heavy atom. The van der Waals surface area contributed by atoms with Crippen LogP contribution in [-0.2, 0) is 9.59 Å². The predicted octanol–water partition coefficient (Wildman–Crippen LogP) is 5.11. The van der Waals surface area contributed by atoms with Gasteiger partial charge in [-0.15, -0.1) is 0 Å². The fourth-order valence-corrected chi connectivity index (χ4v) is 4.01. The summed E-state index contributed by atoms with van der Waals surface area (Å²) in [6.45, 7) is 3.70. The number of ether oxygens (including phenoxy) is 2. The van der Waals surface area contributed by atoms with E-state index in [0.29, 0.717) is 52.6 Å². The monoisotopic (exact) mass is 498 g/mol. The van der Waals surface area contributed by atoms with Crippen LogP contribution >= 0.6 is 0 Å². The lowest BCUT2D eigenvalue weighted by Crippen LogP contribution is -2.35. The molecule has 1 aliphatic rings. The van der Waals surface area contributed by atoms with Gasteiger partial charge in [0, 0.05) is 17.4 Å². The molecular formula is C28H26N4O5. The summed E-state index contributed by atoms with van der Waals surface area (Å²) in [5, 5.41) is 16.3. The first-order valence-corrected chi connectivity index (χ1v) is 11.8. The topological polar surface area (TPSA) is 123 Å². The average molecular weight is 499 g/mol. The fraction of sp³-hybridized carbons (Fsp3) is 0.214. The molecule has 0 saturated heterocycles. The van der Waals surface area contributed by atoms with E-state index in [0.717, 1.165) is 5.56 Å². The summed E-state index contributed by atoms with van der Waals surface area (Å²) in [6, 6.07) is 17.4. The molecule has 2 amide bonds. The first kappa shape index (κ1) is 24.1. The standard InChI is InChI=1S/C28H26N4O5/c1-16-4-6-18(7-5-16)31-26(34)28(12-13-28)27(35)32-19-8-10-20(11-9-19)37-25-21-14-24(36-3)23(33)15-22(21)29-17(2)30-25/h4-11,14-15,33H,12-13H2,1-3H3,(H,31,34)(H,32,35). The Bertz CT molecular complexity index is 1500. The molecule has 1 saturated carbocycles. The Balaban J connectivity index is 1.29. The van der Waals surface area contributed by atoms with Gasteiger partial charge in [0.05, 0.1) is 18.0 Å². The van der Waals surface area contributed by atoms with E-state index in [1.807, 2.05) is 31.2 Å². The van der Waals surface area contributed by atoms with Gasteiger partial charge in [0.2, 0.25) is 17.7 Å². The summed E-state index contributed by atoms with van der Waals surface area (Å²) in [7, 11) is 1.46. The number of benzene rings is 3. The summed E-state index contributed by atoms with van der Waals surface area (Å²) >= 11 is 0. The number of hydrogen-bond acceptors (Lipinski definition) is 7. The molecule has 0 aliphatic heterocycles.